The van der Waals surface area contributed by atoms with Gasteiger partial charge >= 0.3 is 0 Å². The van der Waals surface area contributed by atoms with E-state index in [1.165, 1.54) is 24.3 Å². The molecule has 0 aliphatic heterocycles. The predicted octanol–water partition coefficient (Wildman–Crippen LogP) is 3.01. The maximum Gasteiger partial charge on any atom is 0.271 e. The molecule has 0 aliphatic carbocycles. The van der Waals surface area contributed by atoms with Crippen LogP contribution in [-0.4, -0.2) is 59.3 Å². The van der Waals surface area contributed by atoms with E-state index < -0.39 is 10.0 Å². The molecule has 0 aliphatic rings. The molecule has 0 saturated carbocycles. The lowest BCUT2D eigenvalue weighted by Crippen LogP contribution is -2.15. The largest absolute Gasteiger partial charge is 0.497 e. The Morgan fingerprint density at radius 3 is 2.21 bits per heavy atom. The van der Waals surface area contributed by atoms with E-state index >= 15 is 0 Å². The van der Waals surface area contributed by atoms with Gasteiger partial charge in [0.25, 0.3) is 10.0 Å². The Morgan fingerprint density at radius 1 is 0.931 bits per heavy atom. The van der Waals surface area contributed by atoms with Crippen molar-refractivity contribution in [3.63, 3.8) is 0 Å². The van der Waals surface area contributed by atoms with Gasteiger partial charge in [0.05, 0.1) is 26.8 Å². The van der Waals surface area contributed by atoms with Crippen LogP contribution in [0.2, 0.25) is 0 Å². The maximum absolute atomic E-state index is 13.6. The monoisotopic (exact) mass is 418 g/mol. The van der Waals surface area contributed by atoms with Gasteiger partial charge in [-0.2, -0.15) is 0 Å². The third-order valence-corrected chi connectivity index (χ3v) is 6.49. The molecule has 0 N–H and O–H groups in total. The van der Waals surface area contributed by atoms with Crippen LogP contribution in [0.3, 0.4) is 0 Å². The topological polar surface area (TPSA) is 70.0 Å². The van der Waals surface area contributed by atoms with Crippen LogP contribution < -0.4 is 14.2 Å². The van der Waals surface area contributed by atoms with Gasteiger partial charge in [0.15, 0.2) is 0 Å². The van der Waals surface area contributed by atoms with Crippen molar-refractivity contribution in [2.75, 3.05) is 42.0 Å². The lowest BCUT2D eigenvalue weighted by atomic mass is 10.1. The van der Waals surface area contributed by atoms with Crippen molar-refractivity contribution >= 4 is 20.9 Å². The van der Waals surface area contributed by atoms with E-state index in [9.17, 15) is 8.42 Å². The van der Waals surface area contributed by atoms with E-state index in [4.69, 9.17) is 14.2 Å². The van der Waals surface area contributed by atoms with Gasteiger partial charge in [-0.05, 0) is 56.4 Å². The molecule has 0 fully saturated rings. The molecule has 3 rings (SSSR count). The number of benzene rings is 2. The van der Waals surface area contributed by atoms with Crippen LogP contribution in [0.4, 0.5) is 0 Å². The second-order valence-electron chi connectivity index (χ2n) is 6.91. The SMILES string of the molecule is COc1ccc(OC)c(S(=O)(=O)n2cc(CCN(C)C)c3cc(OC)ccc32)c1. The molecule has 2 aromatic carbocycles. The van der Waals surface area contributed by atoms with E-state index in [2.05, 4.69) is 4.90 Å². The summed E-state index contributed by atoms with van der Waals surface area (Å²) in [6.07, 6.45) is 2.39. The highest BCUT2D eigenvalue weighted by molar-refractivity contribution is 7.90. The molecule has 0 spiro atoms. The molecule has 156 valence electrons. The van der Waals surface area contributed by atoms with Crippen molar-refractivity contribution in [3.8, 4) is 17.2 Å². The van der Waals surface area contributed by atoms with Crippen molar-refractivity contribution in [2.24, 2.45) is 0 Å². The Hall–Kier alpha value is -2.71. The van der Waals surface area contributed by atoms with Gasteiger partial charge in [0.1, 0.15) is 22.1 Å². The fraction of sp³-hybridized carbons (Fsp3) is 0.333. The van der Waals surface area contributed by atoms with Gasteiger partial charge in [0, 0.05) is 24.2 Å². The van der Waals surface area contributed by atoms with E-state index in [0.717, 1.165) is 17.5 Å². The first-order valence-corrected chi connectivity index (χ1v) is 10.6. The quantitative estimate of drug-likeness (QED) is 0.560. The second-order valence-corrected chi connectivity index (χ2v) is 8.69. The molecule has 1 aromatic heterocycles. The number of likely N-dealkylation sites (N-methyl/N-ethyl adjacent to an activating group) is 1. The molecule has 3 aromatic rings. The van der Waals surface area contributed by atoms with Gasteiger partial charge in [-0.25, -0.2) is 12.4 Å². The zero-order valence-corrected chi connectivity index (χ0v) is 18.1. The summed E-state index contributed by atoms with van der Waals surface area (Å²) >= 11 is 0. The van der Waals surface area contributed by atoms with E-state index in [1.807, 2.05) is 20.2 Å². The van der Waals surface area contributed by atoms with Crippen molar-refractivity contribution in [2.45, 2.75) is 11.3 Å². The second kappa shape index (κ2) is 8.34. The smallest absolute Gasteiger partial charge is 0.271 e. The van der Waals surface area contributed by atoms with Crippen molar-refractivity contribution in [1.82, 2.24) is 8.87 Å². The normalized spacial score (nSPS) is 11.8. The number of rotatable bonds is 8. The molecule has 7 nitrogen and oxygen atoms in total. The number of hydrogen-bond acceptors (Lipinski definition) is 6. The van der Waals surface area contributed by atoms with Gasteiger partial charge in [-0.3, -0.25) is 0 Å². The fourth-order valence-electron chi connectivity index (χ4n) is 3.21. The number of hydrogen-bond donors (Lipinski definition) is 0. The molecule has 0 radical (unpaired) electrons. The third kappa shape index (κ3) is 4.04. The van der Waals surface area contributed by atoms with E-state index in [0.29, 0.717) is 23.4 Å². The molecule has 0 bridgehead atoms. The molecule has 8 heteroatoms. The van der Waals surface area contributed by atoms with Crippen molar-refractivity contribution in [1.29, 1.82) is 0 Å². The molecule has 1 heterocycles. The Kier molecular flexibility index (Phi) is 6.04. The first-order chi connectivity index (χ1) is 13.8. The van der Waals surface area contributed by atoms with Crippen LogP contribution in [0, 0.1) is 0 Å². The summed E-state index contributed by atoms with van der Waals surface area (Å²) in [4.78, 5) is 2.11. The van der Waals surface area contributed by atoms with E-state index in [1.54, 1.807) is 37.6 Å². The lowest BCUT2D eigenvalue weighted by molar-refractivity contribution is 0.392. The van der Waals surface area contributed by atoms with Gasteiger partial charge in [-0.1, -0.05) is 0 Å². The molecule has 0 atom stereocenters. The number of aromatic nitrogens is 1. The highest BCUT2D eigenvalue weighted by atomic mass is 32.2. The van der Waals surface area contributed by atoms with Crippen LogP contribution in [0.25, 0.3) is 10.9 Å². The van der Waals surface area contributed by atoms with Gasteiger partial charge < -0.3 is 19.1 Å². The molecule has 0 saturated heterocycles. The highest BCUT2D eigenvalue weighted by Gasteiger charge is 2.26. The zero-order chi connectivity index (χ0) is 21.2. The summed E-state index contributed by atoms with van der Waals surface area (Å²) in [5.41, 5.74) is 1.52. The molecular weight excluding hydrogens is 392 g/mol. The summed E-state index contributed by atoms with van der Waals surface area (Å²) in [5.74, 6) is 1.38. The number of nitrogens with zero attached hydrogens (tertiary/aromatic N) is 2. The molecule has 0 unspecified atom stereocenters. The molecule has 29 heavy (non-hydrogen) atoms. The first kappa shape index (κ1) is 21.0. The minimum atomic E-state index is -3.92. The first-order valence-electron chi connectivity index (χ1n) is 9.12. The Bertz CT molecular complexity index is 1120. The lowest BCUT2D eigenvalue weighted by Gasteiger charge is -2.13. The summed E-state index contributed by atoms with van der Waals surface area (Å²) in [5, 5.41) is 0.844. The number of methoxy groups -OCH3 is 3. The summed E-state index contributed by atoms with van der Waals surface area (Å²) in [7, 11) is 4.58. The van der Waals surface area contributed by atoms with Crippen LogP contribution in [-0.2, 0) is 16.4 Å². The zero-order valence-electron chi connectivity index (χ0n) is 17.3. The Labute approximate surface area is 171 Å². The highest BCUT2D eigenvalue weighted by Crippen LogP contribution is 2.34. The summed E-state index contributed by atoms with van der Waals surface area (Å²) in [6, 6.07) is 10.1. The van der Waals surface area contributed by atoms with Crippen LogP contribution >= 0.6 is 0 Å². The van der Waals surface area contributed by atoms with Gasteiger partial charge in [-0.15, -0.1) is 0 Å². The van der Waals surface area contributed by atoms with Crippen LogP contribution in [0.15, 0.2) is 47.5 Å². The number of fused-ring (bicyclic) bond motifs is 1. The average Bonchev–Trinajstić information content (AvgIpc) is 3.10. The predicted molar refractivity (Wildman–Crippen MR) is 113 cm³/mol. The Balaban J connectivity index is 2.23. The van der Waals surface area contributed by atoms with Crippen molar-refractivity contribution < 1.29 is 22.6 Å². The average molecular weight is 419 g/mol. The minimum Gasteiger partial charge on any atom is -0.497 e. The molecule has 0 amide bonds. The summed E-state index contributed by atoms with van der Waals surface area (Å²) < 4.78 is 44.4. The fourth-order valence-corrected chi connectivity index (χ4v) is 4.77. The summed E-state index contributed by atoms with van der Waals surface area (Å²) in [6.45, 7) is 0.791. The molecular formula is C21H26N2O5S. The number of ether oxygens (including phenoxy) is 3. The standard InChI is InChI=1S/C21H26N2O5S/c1-22(2)11-10-15-14-23(19-8-6-16(26-3)12-18(15)19)29(24,25)21-13-17(27-4)7-9-20(21)28-5/h6-9,12-14H,10-11H2,1-5H3. The van der Waals surface area contributed by atoms with Crippen LogP contribution in [0.5, 0.6) is 17.2 Å². The minimum absolute atomic E-state index is 0.0474. The third-order valence-electron chi connectivity index (χ3n) is 4.80. The van der Waals surface area contributed by atoms with E-state index in [-0.39, 0.29) is 10.6 Å². The van der Waals surface area contributed by atoms with Crippen molar-refractivity contribution in [3.05, 3.63) is 48.2 Å². The Morgan fingerprint density at radius 2 is 1.59 bits per heavy atom. The van der Waals surface area contributed by atoms with Gasteiger partial charge in [0.2, 0.25) is 0 Å². The van der Waals surface area contributed by atoms with Crippen LogP contribution in [0.1, 0.15) is 5.56 Å². The maximum atomic E-state index is 13.6.